The second-order valence-corrected chi connectivity index (χ2v) is 6.90. The molecular formula is C15H18ClF2N3. The minimum absolute atomic E-state index is 0.0872. The predicted molar refractivity (Wildman–Crippen MR) is 79.5 cm³/mol. The zero-order chi connectivity index (χ0) is 14.6. The van der Waals surface area contributed by atoms with Gasteiger partial charge in [0.1, 0.15) is 11.0 Å². The van der Waals surface area contributed by atoms with Crippen molar-refractivity contribution in [3.63, 3.8) is 0 Å². The Bertz CT molecular complexity index is 546. The van der Waals surface area contributed by atoms with E-state index in [1.54, 1.807) is 6.07 Å². The molecule has 0 aromatic carbocycles. The zero-order valence-electron chi connectivity index (χ0n) is 11.7. The van der Waals surface area contributed by atoms with Gasteiger partial charge in [-0.25, -0.2) is 13.8 Å². The molecule has 0 spiro atoms. The van der Waals surface area contributed by atoms with Crippen molar-refractivity contribution < 1.29 is 8.78 Å². The molecule has 2 unspecified atom stereocenters. The summed E-state index contributed by atoms with van der Waals surface area (Å²) in [4.78, 5) is 8.67. The summed E-state index contributed by atoms with van der Waals surface area (Å²) in [5.41, 5.74) is 0.918. The molecule has 3 aliphatic rings. The van der Waals surface area contributed by atoms with Crippen molar-refractivity contribution in [1.82, 2.24) is 4.98 Å². The lowest BCUT2D eigenvalue weighted by Crippen LogP contribution is -2.39. The lowest BCUT2D eigenvalue weighted by atomic mass is 10.1. The van der Waals surface area contributed by atoms with Crippen LogP contribution >= 0.6 is 11.6 Å². The van der Waals surface area contributed by atoms with Crippen LogP contribution in [0, 0.1) is 11.8 Å². The number of piperidine rings is 2. The summed E-state index contributed by atoms with van der Waals surface area (Å²) < 4.78 is 26.5. The molecule has 3 fully saturated rings. The molecular weight excluding hydrogens is 296 g/mol. The number of hydrogen-bond donors (Lipinski definition) is 0. The quantitative estimate of drug-likeness (QED) is 0.780. The van der Waals surface area contributed by atoms with Gasteiger partial charge in [0.05, 0.1) is 0 Å². The summed E-state index contributed by atoms with van der Waals surface area (Å²) in [5.74, 6) is 0.0136. The molecule has 0 N–H and O–H groups in total. The van der Waals surface area contributed by atoms with Gasteiger partial charge in [0.15, 0.2) is 0 Å². The van der Waals surface area contributed by atoms with E-state index in [1.165, 1.54) is 6.42 Å². The molecule has 21 heavy (non-hydrogen) atoms. The average molecular weight is 314 g/mol. The number of anilines is 2. The second kappa shape index (κ2) is 4.70. The molecule has 2 aliphatic heterocycles. The van der Waals surface area contributed by atoms with Gasteiger partial charge in [0.2, 0.25) is 0 Å². The molecule has 3 heterocycles. The fraction of sp³-hybridized carbons (Fsp3) is 0.667. The van der Waals surface area contributed by atoms with Crippen LogP contribution in [0.2, 0.25) is 5.15 Å². The fourth-order valence-corrected chi connectivity index (χ4v) is 3.69. The molecule has 1 aliphatic carbocycles. The summed E-state index contributed by atoms with van der Waals surface area (Å²) >= 11 is 6.14. The Morgan fingerprint density at radius 1 is 1.10 bits per heavy atom. The normalized spacial score (nSPS) is 30.4. The molecule has 0 bridgehead atoms. The maximum Gasteiger partial charge on any atom is 0.251 e. The van der Waals surface area contributed by atoms with E-state index in [9.17, 15) is 8.78 Å². The van der Waals surface area contributed by atoms with E-state index in [2.05, 4.69) is 9.88 Å². The molecule has 2 saturated heterocycles. The van der Waals surface area contributed by atoms with Gasteiger partial charge in [-0.2, -0.15) is 0 Å². The highest BCUT2D eigenvalue weighted by molar-refractivity contribution is 6.29. The van der Waals surface area contributed by atoms with Crippen molar-refractivity contribution in [2.75, 3.05) is 36.0 Å². The first-order valence-corrected chi connectivity index (χ1v) is 7.93. The Kier molecular flexibility index (Phi) is 3.03. The van der Waals surface area contributed by atoms with Crippen LogP contribution in [0.4, 0.5) is 20.3 Å². The van der Waals surface area contributed by atoms with Gasteiger partial charge < -0.3 is 9.80 Å². The SMILES string of the molecule is FC1(F)CCN(c2cc(Cl)nc(N3CC4CC4C3)c2)CC1. The van der Waals surface area contributed by atoms with Crippen molar-refractivity contribution in [3.8, 4) is 0 Å². The Balaban J connectivity index is 1.54. The fourth-order valence-electron chi connectivity index (χ4n) is 3.49. The standard InChI is InChI=1S/C15H18ClF2N3/c16-13-6-12(20-3-1-15(17,18)2-4-20)7-14(19-13)21-8-10-5-11(10)9-21/h6-7,10-11H,1-5,8-9H2. The van der Waals surface area contributed by atoms with E-state index in [4.69, 9.17) is 11.6 Å². The zero-order valence-corrected chi connectivity index (χ0v) is 12.5. The first-order valence-electron chi connectivity index (χ1n) is 7.55. The van der Waals surface area contributed by atoms with Crippen LogP contribution in [-0.2, 0) is 0 Å². The number of alkyl halides is 2. The van der Waals surface area contributed by atoms with E-state index in [0.717, 1.165) is 36.4 Å². The third kappa shape index (κ3) is 2.68. The smallest absolute Gasteiger partial charge is 0.251 e. The van der Waals surface area contributed by atoms with Crippen LogP contribution in [0.5, 0.6) is 0 Å². The molecule has 4 rings (SSSR count). The molecule has 6 heteroatoms. The number of hydrogen-bond acceptors (Lipinski definition) is 3. The Labute approximate surface area is 127 Å². The van der Waals surface area contributed by atoms with E-state index in [-0.39, 0.29) is 12.8 Å². The monoisotopic (exact) mass is 313 g/mol. The van der Waals surface area contributed by atoms with Crippen molar-refractivity contribution in [1.29, 1.82) is 0 Å². The molecule has 0 amide bonds. The number of pyridine rings is 1. The molecule has 0 radical (unpaired) electrons. The summed E-state index contributed by atoms with van der Waals surface area (Å²) in [6.07, 6.45) is 1.16. The molecule has 2 atom stereocenters. The van der Waals surface area contributed by atoms with E-state index in [1.807, 2.05) is 11.0 Å². The van der Waals surface area contributed by atoms with Gasteiger partial charge >= 0.3 is 0 Å². The lowest BCUT2D eigenvalue weighted by Gasteiger charge is -2.34. The largest absolute Gasteiger partial charge is 0.371 e. The minimum atomic E-state index is -2.52. The number of nitrogens with zero attached hydrogens (tertiary/aromatic N) is 3. The lowest BCUT2D eigenvalue weighted by molar-refractivity contribution is -0.0220. The van der Waals surface area contributed by atoms with Crippen LogP contribution < -0.4 is 9.80 Å². The molecule has 1 saturated carbocycles. The number of aromatic nitrogens is 1. The highest BCUT2D eigenvalue weighted by Gasteiger charge is 2.45. The topological polar surface area (TPSA) is 19.4 Å². The van der Waals surface area contributed by atoms with Crippen LogP contribution in [0.15, 0.2) is 12.1 Å². The molecule has 114 valence electrons. The van der Waals surface area contributed by atoms with E-state index >= 15 is 0 Å². The van der Waals surface area contributed by atoms with E-state index < -0.39 is 5.92 Å². The third-order valence-corrected chi connectivity index (χ3v) is 5.12. The van der Waals surface area contributed by atoms with Crippen LogP contribution in [-0.4, -0.2) is 37.1 Å². The number of rotatable bonds is 2. The second-order valence-electron chi connectivity index (χ2n) is 6.51. The van der Waals surface area contributed by atoms with Crippen LogP contribution in [0.25, 0.3) is 0 Å². The van der Waals surface area contributed by atoms with Crippen molar-refractivity contribution in [3.05, 3.63) is 17.3 Å². The summed E-state index contributed by atoms with van der Waals surface area (Å²) in [6.45, 7) is 2.85. The molecule has 1 aromatic rings. The number of fused-ring (bicyclic) bond motifs is 1. The first-order chi connectivity index (χ1) is 10.00. The predicted octanol–water partition coefficient (Wildman–Crippen LogP) is 3.43. The Hall–Kier alpha value is -1.10. The van der Waals surface area contributed by atoms with Crippen molar-refractivity contribution in [2.24, 2.45) is 11.8 Å². The summed E-state index contributed by atoms with van der Waals surface area (Å²) in [5, 5.41) is 0.445. The van der Waals surface area contributed by atoms with Crippen molar-refractivity contribution >= 4 is 23.1 Å². The Morgan fingerprint density at radius 3 is 2.43 bits per heavy atom. The highest BCUT2D eigenvalue weighted by Crippen LogP contribution is 2.46. The van der Waals surface area contributed by atoms with E-state index in [0.29, 0.717) is 18.2 Å². The summed E-state index contributed by atoms with van der Waals surface area (Å²) in [7, 11) is 0. The summed E-state index contributed by atoms with van der Waals surface area (Å²) in [6, 6.07) is 3.78. The number of halogens is 3. The van der Waals surface area contributed by atoms with Gasteiger partial charge in [-0.1, -0.05) is 11.6 Å². The Morgan fingerprint density at radius 2 is 1.76 bits per heavy atom. The first kappa shape index (κ1) is 13.6. The van der Waals surface area contributed by atoms with Crippen LogP contribution in [0.1, 0.15) is 19.3 Å². The minimum Gasteiger partial charge on any atom is -0.371 e. The van der Waals surface area contributed by atoms with Gasteiger partial charge in [0, 0.05) is 50.8 Å². The maximum atomic E-state index is 13.3. The average Bonchev–Trinajstić information content (AvgIpc) is 3.04. The van der Waals surface area contributed by atoms with Crippen molar-refractivity contribution in [2.45, 2.75) is 25.2 Å². The van der Waals surface area contributed by atoms with Gasteiger partial charge in [-0.15, -0.1) is 0 Å². The molecule has 1 aromatic heterocycles. The third-order valence-electron chi connectivity index (χ3n) is 4.93. The van der Waals surface area contributed by atoms with Gasteiger partial charge in [-0.3, -0.25) is 0 Å². The van der Waals surface area contributed by atoms with Gasteiger partial charge in [-0.05, 0) is 24.3 Å². The molecule has 3 nitrogen and oxygen atoms in total. The van der Waals surface area contributed by atoms with Crippen LogP contribution in [0.3, 0.4) is 0 Å². The maximum absolute atomic E-state index is 13.3. The van der Waals surface area contributed by atoms with Gasteiger partial charge in [0.25, 0.3) is 5.92 Å². The highest BCUT2D eigenvalue weighted by atomic mass is 35.5.